The van der Waals surface area contributed by atoms with Crippen LogP contribution in [0.25, 0.3) is 0 Å². The fourth-order valence-electron chi connectivity index (χ4n) is 1.79. The smallest absolute Gasteiger partial charge is 0.252 e. The van der Waals surface area contributed by atoms with Crippen molar-refractivity contribution in [1.29, 1.82) is 0 Å². The van der Waals surface area contributed by atoms with Crippen molar-refractivity contribution < 1.29 is 13.2 Å². The van der Waals surface area contributed by atoms with Gasteiger partial charge in [0.1, 0.15) is 4.21 Å². The summed E-state index contributed by atoms with van der Waals surface area (Å²) >= 11 is 2.65. The Bertz CT molecular complexity index is 742. The van der Waals surface area contributed by atoms with Gasteiger partial charge in [-0.3, -0.25) is 4.79 Å². The molecule has 2 aromatic rings. The number of likely N-dealkylation sites (N-methyl/N-ethyl adjacent to an activating group) is 1. The summed E-state index contributed by atoms with van der Waals surface area (Å²) < 4.78 is 25.8. The highest BCUT2D eigenvalue weighted by atomic mass is 32.2. The number of anilines is 1. The molecule has 1 amide bonds. The van der Waals surface area contributed by atoms with Crippen LogP contribution in [-0.4, -0.2) is 38.5 Å². The summed E-state index contributed by atoms with van der Waals surface area (Å²) in [6, 6.07) is 10.6. The summed E-state index contributed by atoms with van der Waals surface area (Å²) in [6.07, 6.45) is 1.92. The molecule has 0 aliphatic rings. The van der Waals surface area contributed by atoms with E-state index >= 15 is 0 Å². The predicted molar refractivity (Wildman–Crippen MR) is 91.0 cm³/mol. The lowest BCUT2D eigenvalue weighted by molar-refractivity contribution is -0.116. The molecule has 2 rings (SSSR count). The number of benzene rings is 1. The number of nitrogens with one attached hydrogen (secondary N) is 1. The van der Waals surface area contributed by atoms with Crippen LogP contribution in [0, 0.1) is 0 Å². The Labute approximate surface area is 138 Å². The normalized spacial score (nSPS) is 11.6. The van der Waals surface area contributed by atoms with Gasteiger partial charge in [-0.05, 0) is 29.8 Å². The Balaban J connectivity index is 2.06. The lowest BCUT2D eigenvalue weighted by atomic mass is 10.3. The van der Waals surface area contributed by atoms with E-state index in [-0.39, 0.29) is 16.7 Å². The summed E-state index contributed by atoms with van der Waals surface area (Å²) in [6.45, 7) is -0.233. The molecule has 1 N–H and O–H groups in total. The van der Waals surface area contributed by atoms with Gasteiger partial charge in [0.2, 0.25) is 5.91 Å². The van der Waals surface area contributed by atoms with Gasteiger partial charge in [-0.1, -0.05) is 18.2 Å². The minimum absolute atomic E-state index is 0.229. The Morgan fingerprint density at radius 1 is 1.27 bits per heavy atom. The van der Waals surface area contributed by atoms with Crippen LogP contribution in [0.15, 0.2) is 50.9 Å². The number of sulfonamides is 1. The first-order valence-corrected chi connectivity index (χ1v) is 9.92. The number of hydrogen-bond donors (Lipinski definition) is 1. The van der Waals surface area contributed by atoms with E-state index in [1.54, 1.807) is 17.5 Å². The quantitative estimate of drug-likeness (QED) is 0.808. The van der Waals surface area contributed by atoms with E-state index in [0.717, 1.165) is 20.5 Å². The molecule has 22 heavy (non-hydrogen) atoms. The number of carbonyl (C=O) groups is 1. The Morgan fingerprint density at radius 2 is 2.00 bits per heavy atom. The van der Waals surface area contributed by atoms with Crippen LogP contribution in [-0.2, 0) is 14.8 Å². The molecule has 0 bridgehead atoms. The van der Waals surface area contributed by atoms with E-state index in [1.165, 1.54) is 24.9 Å². The fraction of sp³-hybridized carbons (Fsp3) is 0.214. The molecular weight excluding hydrogens is 340 g/mol. The summed E-state index contributed by atoms with van der Waals surface area (Å²) in [7, 11) is -2.21. The molecule has 0 aliphatic carbocycles. The third-order valence-electron chi connectivity index (χ3n) is 2.91. The fourth-order valence-corrected chi connectivity index (χ4v) is 4.67. The number of thioether (sulfide) groups is 1. The first kappa shape index (κ1) is 17.0. The third-order valence-corrected chi connectivity index (χ3v) is 6.88. The van der Waals surface area contributed by atoms with Gasteiger partial charge in [0.15, 0.2) is 0 Å². The van der Waals surface area contributed by atoms with E-state index in [4.69, 9.17) is 0 Å². The number of hydrogen-bond acceptors (Lipinski definition) is 5. The van der Waals surface area contributed by atoms with Crippen molar-refractivity contribution in [2.24, 2.45) is 0 Å². The van der Waals surface area contributed by atoms with Crippen molar-refractivity contribution >= 4 is 44.7 Å². The minimum Gasteiger partial charge on any atom is -0.324 e. The van der Waals surface area contributed by atoms with Gasteiger partial charge in [-0.25, -0.2) is 8.42 Å². The standard InChI is InChI=1S/C14H16N2O3S3/c1-16(22(18,19)14-8-5-9-21-14)10-13(17)15-11-6-3-4-7-12(11)20-2/h3-9H,10H2,1-2H3,(H,15,17). The van der Waals surface area contributed by atoms with Crippen molar-refractivity contribution in [3.8, 4) is 0 Å². The number of para-hydroxylation sites is 1. The number of thiophene rings is 1. The van der Waals surface area contributed by atoms with E-state index in [1.807, 2.05) is 24.5 Å². The highest BCUT2D eigenvalue weighted by molar-refractivity contribution is 7.98. The van der Waals surface area contributed by atoms with Crippen LogP contribution in [0.4, 0.5) is 5.69 Å². The van der Waals surface area contributed by atoms with Crippen molar-refractivity contribution in [2.75, 3.05) is 25.2 Å². The van der Waals surface area contributed by atoms with Crippen LogP contribution in [0.1, 0.15) is 0 Å². The largest absolute Gasteiger partial charge is 0.324 e. The van der Waals surface area contributed by atoms with Crippen molar-refractivity contribution in [2.45, 2.75) is 9.10 Å². The summed E-state index contributed by atoms with van der Waals surface area (Å²) in [5, 5.41) is 4.44. The number of carbonyl (C=O) groups excluding carboxylic acids is 1. The number of rotatable bonds is 6. The number of amides is 1. The van der Waals surface area contributed by atoms with Gasteiger partial charge in [-0.2, -0.15) is 4.31 Å². The first-order chi connectivity index (χ1) is 10.4. The van der Waals surface area contributed by atoms with E-state index in [0.29, 0.717) is 5.69 Å². The lowest BCUT2D eigenvalue weighted by Gasteiger charge is -2.16. The number of nitrogens with zero attached hydrogens (tertiary/aromatic N) is 1. The molecule has 118 valence electrons. The zero-order valence-electron chi connectivity index (χ0n) is 12.1. The third kappa shape index (κ3) is 3.89. The van der Waals surface area contributed by atoms with Crippen molar-refractivity contribution in [3.63, 3.8) is 0 Å². The average molecular weight is 356 g/mol. The van der Waals surface area contributed by atoms with E-state index in [2.05, 4.69) is 5.32 Å². The molecular formula is C14H16N2O3S3. The second-order valence-corrected chi connectivity index (χ2v) is 8.51. The van der Waals surface area contributed by atoms with Crippen LogP contribution in [0.2, 0.25) is 0 Å². The molecule has 0 saturated carbocycles. The lowest BCUT2D eigenvalue weighted by Crippen LogP contribution is -2.34. The highest BCUT2D eigenvalue weighted by Gasteiger charge is 2.23. The maximum atomic E-state index is 12.3. The van der Waals surface area contributed by atoms with E-state index in [9.17, 15) is 13.2 Å². The first-order valence-electron chi connectivity index (χ1n) is 6.38. The Kier molecular flexibility index (Phi) is 5.63. The Hall–Kier alpha value is -1.35. The molecule has 1 heterocycles. The van der Waals surface area contributed by atoms with Crippen LogP contribution < -0.4 is 5.32 Å². The van der Waals surface area contributed by atoms with Gasteiger partial charge >= 0.3 is 0 Å². The molecule has 0 saturated heterocycles. The molecule has 0 spiro atoms. The highest BCUT2D eigenvalue weighted by Crippen LogP contribution is 2.25. The Morgan fingerprint density at radius 3 is 2.64 bits per heavy atom. The molecule has 1 aromatic carbocycles. The molecule has 0 aliphatic heterocycles. The van der Waals surface area contributed by atoms with Gasteiger partial charge in [0, 0.05) is 11.9 Å². The zero-order valence-corrected chi connectivity index (χ0v) is 14.6. The van der Waals surface area contributed by atoms with Crippen LogP contribution in [0.5, 0.6) is 0 Å². The van der Waals surface area contributed by atoms with Crippen molar-refractivity contribution in [1.82, 2.24) is 4.31 Å². The minimum atomic E-state index is -3.61. The van der Waals surface area contributed by atoms with E-state index < -0.39 is 10.0 Å². The van der Waals surface area contributed by atoms with Crippen LogP contribution in [0.3, 0.4) is 0 Å². The van der Waals surface area contributed by atoms with Gasteiger partial charge in [0.25, 0.3) is 10.0 Å². The maximum Gasteiger partial charge on any atom is 0.252 e. The predicted octanol–water partition coefficient (Wildman–Crippen LogP) is 2.73. The summed E-state index contributed by atoms with van der Waals surface area (Å²) in [5.74, 6) is -0.371. The van der Waals surface area contributed by atoms with Gasteiger partial charge in [-0.15, -0.1) is 23.1 Å². The molecule has 0 fully saturated rings. The summed E-state index contributed by atoms with van der Waals surface area (Å²) in [4.78, 5) is 13.0. The van der Waals surface area contributed by atoms with Crippen LogP contribution >= 0.6 is 23.1 Å². The SMILES string of the molecule is CSc1ccccc1NC(=O)CN(C)S(=O)(=O)c1cccs1. The molecule has 5 nitrogen and oxygen atoms in total. The zero-order chi connectivity index (χ0) is 16.2. The molecule has 1 aromatic heterocycles. The molecule has 0 unspecified atom stereocenters. The van der Waals surface area contributed by atoms with Crippen molar-refractivity contribution in [3.05, 3.63) is 41.8 Å². The van der Waals surface area contributed by atoms with Gasteiger partial charge in [0.05, 0.1) is 12.2 Å². The maximum absolute atomic E-state index is 12.3. The molecule has 0 atom stereocenters. The summed E-state index contributed by atoms with van der Waals surface area (Å²) in [5.41, 5.74) is 0.682. The molecule has 8 heteroatoms. The monoisotopic (exact) mass is 356 g/mol. The molecule has 0 radical (unpaired) electrons. The van der Waals surface area contributed by atoms with Gasteiger partial charge < -0.3 is 5.32 Å². The second kappa shape index (κ2) is 7.28. The second-order valence-electron chi connectivity index (χ2n) is 4.44. The average Bonchev–Trinajstić information content (AvgIpc) is 3.02. The topological polar surface area (TPSA) is 66.5 Å².